The van der Waals surface area contributed by atoms with E-state index in [9.17, 15) is 9.59 Å². The molecule has 1 aliphatic rings. The first-order valence-electron chi connectivity index (χ1n) is 11.9. The average Bonchev–Trinajstić information content (AvgIpc) is 3.26. The molecule has 7 nitrogen and oxygen atoms in total. The molecule has 0 fully saturated rings. The monoisotopic (exact) mass is 460 g/mol. The smallest absolute Gasteiger partial charge is 0.258 e. The van der Waals surface area contributed by atoms with E-state index in [0.717, 1.165) is 24.8 Å². The Morgan fingerprint density at radius 3 is 2.50 bits per heavy atom. The Labute approximate surface area is 200 Å². The Hall–Kier alpha value is -3.61. The molecule has 0 aliphatic heterocycles. The molecular formula is C27H32N4O3. The van der Waals surface area contributed by atoms with Gasteiger partial charge in [-0.25, -0.2) is 0 Å². The van der Waals surface area contributed by atoms with E-state index >= 15 is 0 Å². The number of aromatic nitrogens is 2. The maximum Gasteiger partial charge on any atom is 0.258 e. The van der Waals surface area contributed by atoms with E-state index in [1.165, 1.54) is 11.3 Å². The summed E-state index contributed by atoms with van der Waals surface area (Å²) in [4.78, 5) is 25.7. The Morgan fingerprint density at radius 1 is 1.09 bits per heavy atom. The molecule has 0 saturated heterocycles. The summed E-state index contributed by atoms with van der Waals surface area (Å²) in [5, 5.41) is 10.6. The minimum atomic E-state index is -0.642. The molecule has 7 heteroatoms. The molecular weight excluding hydrogens is 428 g/mol. The number of nitrogens with one attached hydrogen (secondary N) is 2. The van der Waals surface area contributed by atoms with Gasteiger partial charge < -0.3 is 15.4 Å². The van der Waals surface area contributed by atoms with Crippen molar-refractivity contribution in [2.75, 3.05) is 6.61 Å². The van der Waals surface area contributed by atoms with Crippen molar-refractivity contribution in [2.45, 2.75) is 51.7 Å². The number of fused-ring (bicyclic) bond motifs is 1. The minimum Gasteiger partial charge on any atom is -0.484 e. The van der Waals surface area contributed by atoms with Gasteiger partial charge in [0.15, 0.2) is 6.61 Å². The van der Waals surface area contributed by atoms with E-state index in [4.69, 9.17) is 4.74 Å². The van der Waals surface area contributed by atoms with E-state index in [0.29, 0.717) is 12.3 Å². The van der Waals surface area contributed by atoms with Crippen LogP contribution in [0.4, 0.5) is 0 Å². The molecule has 2 unspecified atom stereocenters. The fourth-order valence-electron chi connectivity index (χ4n) is 4.34. The molecule has 3 aromatic rings. The largest absolute Gasteiger partial charge is 0.484 e. The van der Waals surface area contributed by atoms with E-state index in [1.54, 1.807) is 12.1 Å². The van der Waals surface area contributed by atoms with Gasteiger partial charge >= 0.3 is 0 Å². The second-order valence-corrected chi connectivity index (χ2v) is 9.03. The Morgan fingerprint density at radius 2 is 1.79 bits per heavy atom. The number of carbonyl (C=O) groups is 2. The van der Waals surface area contributed by atoms with Crippen LogP contribution in [0.1, 0.15) is 49.6 Å². The highest BCUT2D eigenvalue weighted by molar-refractivity contribution is 5.88. The zero-order chi connectivity index (χ0) is 23.9. The van der Waals surface area contributed by atoms with Crippen LogP contribution in [0.15, 0.2) is 66.9 Å². The van der Waals surface area contributed by atoms with Crippen molar-refractivity contribution in [1.82, 2.24) is 20.4 Å². The van der Waals surface area contributed by atoms with Crippen LogP contribution in [0.3, 0.4) is 0 Å². The summed E-state index contributed by atoms with van der Waals surface area (Å²) in [5.41, 5.74) is 3.43. The third kappa shape index (κ3) is 5.84. The van der Waals surface area contributed by atoms with Gasteiger partial charge in [-0.1, -0.05) is 62.4 Å². The second-order valence-electron chi connectivity index (χ2n) is 9.03. The fraction of sp³-hybridized carbons (Fsp3) is 0.370. The average molecular weight is 461 g/mol. The Kier molecular flexibility index (Phi) is 7.62. The molecule has 0 saturated carbocycles. The number of nitrogens with zero attached hydrogens (tertiary/aromatic N) is 2. The predicted octanol–water partition coefficient (Wildman–Crippen LogP) is 3.64. The lowest BCUT2D eigenvalue weighted by Gasteiger charge is -2.28. The van der Waals surface area contributed by atoms with Gasteiger partial charge in [0.25, 0.3) is 5.91 Å². The summed E-state index contributed by atoms with van der Waals surface area (Å²) in [6, 6.07) is 18.6. The van der Waals surface area contributed by atoms with Crippen molar-refractivity contribution in [3.63, 3.8) is 0 Å². The minimum absolute atomic E-state index is 0.0652. The van der Waals surface area contributed by atoms with Crippen LogP contribution in [-0.2, 0) is 22.6 Å². The number of hydrogen-bond acceptors (Lipinski definition) is 4. The first-order valence-corrected chi connectivity index (χ1v) is 11.9. The summed E-state index contributed by atoms with van der Waals surface area (Å²) in [6.45, 7) is 4.42. The van der Waals surface area contributed by atoms with Crippen molar-refractivity contribution in [3.8, 4) is 5.75 Å². The molecule has 2 aromatic carbocycles. The fourth-order valence-corrected chi connectivity index (χ4v) is 4.34. The number of hydrogen-bond donors (Lipinski definition) is 2. The molecule has 1 heterocycles. The third-order valence-corrected chi connectivity index (χ3v) is 6.13. The van der Waals surface area contributed by atoms with Crippen molar-refractivity contribution < 1.29 is 14.3 Å². The summed E-state index contributed by atoms with van der Waals surface area (Å²) >= 11 is 0. The zero-order valence-corrected chi connectivity index (χ0v) is 19.7. The van der Waals surface area contributed by atoms with Crippen molar-refractivity contribution in [3.05, 3.63) is 83.7 Å². The third-order valence-electron chi connectivity index (χ3n) is 6.13. The van der Waals surface area contributed by atoms with Crippen LogP contribution >= 0.6 is 0 Å². The summed E-state index contributed by atoms with van der Waals surface area (Å²) in [6.07, 6.45) is 4.64. The molecule has 0 spiro atoms. The lowest BCUT2D eigenvalue weighted by Crippen LogP contribution is -2.51. The van der Waals surface area contributed by atoms with Gasteiger partial charge in [0, 0.05) is 11.3 Å². The number of para-hydroxylation sites is 1. The molecule has 34 heavy (non-hydrogen) atoms. The zero-order valence-electron chi connectivity index (χ0n) is 19.7. The lowest BCUT2D eigenvalue weighted by atomic mass is 9.92. The van der Waals surface area contributed by atoms with Crippen LogP contribution < -0.4 is 15.4 Å². The first-order chi connectivity index (χ1) is 16.5. The highest BCUT2D eigenvalue weighted by Crippen LogP contribution is 2.30. The highest BCUT2D eigenvalue weighted by atomic mass is 16.5. The summed E-state index contributed by atoms with van der Waals surface area (Å²) in [5.74, 6) is 0.0458. The standard InChI is InChI=1S/C27H32N4O3/c1-19(2)26(30-25(32)18-34-21-12-7-4-8-13-21)27(33)29-23-14-9-15-24-22(23)16-28-31(24)17-20-10-5-3-6-11-20/h3-8,10-13,16,19,23,26H,9,14-15,17-18H2,1-2H3,(H,29,33)(H,30,32). The van der Waals surface area contributed by atoms with Gasteiger partial charge in [-0.05, 0) is 42.9 Å². The van der Waals surface area contributed by atoms with Gasteiger partial charge in [-0.2, -0.15) is 5.10 Å². The molecule has 1 aromatic heterocycles. The van der Waals surface area contributed by atoms with Crippen molar-refractivity contribution in [1.29, 1.82) is 0 Å². The van der Waals surface area contributed by atoms with Crippen LogP contribution in [0, 0.1) is 5.92 Å². The number of benzene rings is 2. The summed E-state index contributed by atoms with van der Waals surface area (Å²) < 4.78 is 7.55. The van der Waals surface area contributed by atoms with Crippen LogP contribution in [0.5, 0.6) is 5.75 Å². The van der Waals surface area contributed by atoms with E-state index < -0.39 is 6.04 Å². The van der Waals surface area contributed by atoms with E-state index in [-0.39, 0.29) is 30.4 Å². The lowest BCUT2D eigenvalue weighted by molar-refractivity contribution is -0.131. The van der Waals surface area contributed by atoms with Crippen molar-refractivity contribution >= 4 is 11.8 Å². The van der Waals surface area contributed by atoms with Gasteiger partial charge in [0.05, 0.1) is 18.8 Å². The van der Waals surface area contributed by atoms with E-state index in [2.05, 4.69) is 27.9 Å². The molecule has 0 radical (unpaired) electrons. The van der Waals surface area contributed by atoms with Gasteiger partial charge in [0.2, 0.25) is 5.91 Å². The quantitative estimate of drug-likeness (QED) is 0.511. The number of amides is 2. The molecule has 0 bridgehead atoms. The number of carbonyl (C=O) groups excluding carboxylic acids is 2. The molecule has 2 N–H and O–H groups in total. The maximum atomic E-state index is 13.2. The van der Waals surface area contributed by atoms with Gasteiger partial charge in [-0.3, -0.25) is 14.3 Å². The van der Waals surface area contributed by atoms with Crippen LogP contribution in [0.25, 0.3) is 0 Å². The summed E-state index contributed by atoms with van der Waals surface area (Å²) in [7, 11) is 0. The van der Waals surface area contributed by atoms with Crippen LogP contribution in [-0.4, -0.2) is 34.2 Å². The van der Waals surface area contributed by atoms with Crippen molar-refractivity contribution in [2.24, 2.45) is 5.92 Å². The normalized spacial score (nSPS) is 15.9. The highest BCUT2D eigenvalue weighted by Gasteiger charge is 2.30. The Balaban J connectivity index is 1.38. The topological polar surface area (TPSA) is 85.2 Å². The SMILES string of the molecule is CC(C)C(NC(=O)COc1ccccc1)C(=O)NC1CCCc2c1cnn2Cc1ccccc1. The molecule has 4 rings (SSSR count). The predicted molar refractivity (Wildman–Crippen MR) is 130 cm³/mol. The maximum absolute atomic E-state index is 13.2. The molecule has 178 valence electrons. The van der Waals surface area contributed by atoms with E-state index in [1.807, 2.05) is 61.1 Å². The second kappa shape index (κ2) is 11.0. The van der Waals surface area contributed by atoms with Crippen LogP contribution in [0.2, 0.25) is 0 Å². The molecule has 1 aliphatic carbocycles. The molecule has 2 atom stereocenters. The number of ether oxygens (including phenoxy) is 1. The van der Waals surface area contributed by atoms with Gasteiger partial charge in [0.1, 0.15) is 11.8 Å². The molecule has 2 amide bonds. The Bertz CT molecular complexity index is 1100. The number of rotatable bonds is 9. The first kappa shape index (κ1) is 23.5. The van der Waals surface area contributed by atoms with Gasteiger partial charge in [-0.15, -0.1) is 0 Å².